The number of carboxylic acids is 1. The molecule has 1 aromatic carbocycles. The van der Waals surface area contributed by atoms with Gasteiger partial charge < -0.3 is 16.2 Å². The Morgan fingerprint density at radius 2 is 1.70 bits per heavy atom. The standard InChI is InChI=1S/C21H32N2O3.ClH/c22-15-3-1-2-4-16-5-10-18(11-6-16)21(26)23-19-12-7-17(8-13-19)9-14-20(24)25;/h5-6,10-11,17,19H,1-4,7-9,12-15,22H2,(H,23,26)(H,24,25);1H. The minimum absolute atomic E-state index is 0. The number of rotatable bonds is 10. The van der Waals surface area contributed by atoms with Gasteiger partial charge in [-0.1, -0.05) is 18.6 Å². The predicted octanol–water partition coefficient (Wildman–Crippen LogP) is 3.93. The topological polar surface area (TPSA) is 92.4 Å². The van der Waals surface area contributed by atoms with Crippen LogP contribution in [0, 0.1) is 5.92 Å². The van der Waals surface area contributed by atoms with Crippen LogP contribution < -0.4 is 11.1 Å². The Hall–Kier alpha value is -1.59. The number of unbranched alkanes of at least 4 members (excludes halogenated alkanes) is 2. The van der Waals surface area contributed by atoms with E-state index in [1.807, 2.05) is 24.3 Å². The average molecular weight is 397 g/mol. The lowest BCUT2D eigenvalue weighted by atomic mass is 9.83. The molecule has 1 saturated carbocycles. The van der Waals surface area contributed by atoms with Crippen molar-refractivity contribution in [2.24, 2.45) is 11.7 Å². The highest BCUT2D eigenvalue weighted by molar-refractivity contribution is 5.94. The van der Waals surface area contributed by atoms with Gasteiger partial charge in [0.2, 0.25) is 0 Å². The maximum atomic E-state index is 12.4. The zero-order valence-corrected chi connectivity index (χ0v) is 16.8. The zero-order valence-electron chi connectivity index (χ0n) is 16.0. The number of aryl methyl sites for hydroxylation is 1. The molecule has 1 amide bonds. The summed E-state index contributed by atoms with van der Waals surface area (Å²) in [6, 6.07) is 8.11. The summed E-state index contributed by atoms with van der Waals surface area (Å²) in [5.41, 5.74) is 7.48. The van der Waals surface area contributed by atoms with E-state index in [4.69, 9.17) is 10.8 Å². The Labute approximate surface area is 168 Å². The summed E-state index contributed by atoms with van der Waals surface area (Å²) in [5.74, 6) is -0.241. The summed E-state index contributed by atoms with van der Waals surface area (Å²) < 4.78 is 0. The molecule has 1 fully saturated rings. The van der Waals surface area contributed by atoms with Crippen LogP contribution in [-0.2, 0) is 11.2 Å². The first kappa shape index (κ1) is 23.4. The fourth-order valence-electron chi connectivity index (χ4n) is 3.66. The van der Waals surface area contributed by atoms with Crippen LogP contribution in [0.3, 0.4) is 0 Å². The fraction of sp³-hybridized carbons (Fsp3) is 0.619. The highest BCUT2D eigenvalue weighted by Gasteiger charge is 2.23. The molecule has 0 heterocycles. The first-order chi connectivity index (χ1) is 12.6. The molecule has 6 heteroatoms. The molecule has 5 nitrogen and oxygen atoms in total. The Morgan fingerprint density at radius 1 is 1.04 bits per heavy atom. The quantitative estimate of drug-likeness (QED) is 0.522. The molecule has 0 saturated heterocycles. The van der Waals surface area contributed by atoms with Gasteiger partial charge in [0.25, 0.3) is 5.91 Å². The fourth-order valence-corrected chi connectivity index (χ4v) is 3.66. The normalized spacial score (nSPS) is 19.1. The Balaban J connectivity index is 0.00000364. The minimum Gasteiger partial charge on any atom is -0.481 e. The van der Waals surface area contributed by atoms with E-state index in [2.05, 4.69) is 5.32 Å². The third-order valence-electron chi connectivity index (χ3n) is 5.33. The van der Waals surface area contributed by atoms with E-state index in [9.17, 15) is 9.59 Å². The third-order valence-corrected chi connectivity index (χ3v) is 5.33. The summed E-state index contributed by atoms with van der Waals surface area (Å²) in [5, 5.41) is 11.9. The molecule has 27 heavy (non-hydrogen) atoms. The molecule has 0 aromatic heterocycles. The molecule has 0 unspecified atom stereocenters. The molecule has 152 valence electrons. The van der Waals surface area contributed by atoms with Crippen molar-refractivity contribution in [1.82, 2.24) is 5.32 Å². The van der Waals surface area contributed by atoms with Crippen molar-refractivity contribution in [1.29, 1.82) is 0 Å². The smallest absolute Gasteiger partial charge is 0.303 e. The van der Waals surface area contributed by atoms with E-state index in [-0.39, 0.29) is 30.8 Å². The van der Waals surface area contributed by atoms with Crippen LogP contribution in [0.4, 0.5) is 0 Å². The van der Waals surface area contributed by atoms with Crippen molar-refractivity contribution in [3.05, 3.63) is 35.4 Å². The summed E-state index contributed by atoms with van der Waals surface area (Å²) in [6.45, 7) is 0.751. The lowest BCUT2D eigenvalue weighted by Gasteiger charge is -2.28. The van der Waals surface area contributed by atoms with Gasteiger partial charge in [0.15, 0.2) is 0 Å². The second-order valence-electron chi connectivity index (χ2n) is 7.42. The molecule has 0 aliphatic heterocycles. The van der Waals surface area contributed by atoms with Crippen LogP contribution in [0.25, 0.3) is 0 Å². The number of nitrogens with one attached hydrogen (secondary N) is 1. The van der Waals surface area contributed by atoms with Gasteiger partial charge in [-0.25, -0.2) is 0 Å². The highest BCUT2D eigenvalue weighted by Crippen LogP contribution is 2.28. The van der Waals surface area contributed by atoms with Gasteiger partial charge in [-0.05, 0) is 81.5 Å². The van der Waals surface area contributed by atoms with E-state index in [1.165, 1.54) is 5.56 Å². The van der Waals surface area contributed by atoms with Crippen LogP contribution in [0.2, 0.25) is 0 Å². The number of nitrogens with two attached hydrogens (primary N) is 1. The SMILES string of the molecule is Cl.NCCCCCc1ccc(C(=O)NC2CCC(CCC(=O)O)CC2)cc1. The van der Waals surface area contributed by atoms with E-state index in [0.717, 1.165) is 64.3 Å². The van der Waals surface area contributed by atoms with E-state index < -0.39 is 5.97 Å². The largest absolute Gasteiger partial charge is 0.481 e. The van der Waals surface area contributed by atoms with Crippen LogP contribution in [0.1, 0.15) is 73.7 Å². The van der Waals surface area contributed by atoms with E-state index >= 15 is 0 Å². The number of carboxylic acid groups (broad SMARTS) is 1. The Kier molecular flexibility index (Phi) is 11.1. The van der Waals surface area contributed by atoms with Gasteiger partial charge in [-0.3, -0.25) is 9.59 Å². The van der Waals surface area contributed by atoms with Gasteiger partial charge in [0.05, 0.1) is 0 Å². The average Bonchev–Trinajstić information content (AvgIpc) is 2.65. The molecule has 2 rings (SSSR count). The van der Waals surface area contributed by atoms with Crippen molar-refractivity contribution in [3.63, 3.8) is 0 Å². The molecule has 0 spiro atoms. The monoisotopic (exact) mass is 396 g/mol. The number of halogens is 1. The molecule has 4 N–H and O–H groups in total. The summed E-state index contributed by atoms with van der Waals surface area (Å²) >= 11 is 0. The van der Waals surface area contributed by atoms with Crippen molar-refractivity contribution in [2.45, 2.75) is 70.3 Å². The van der Waals surface area contributed by atoms with E-state index in [1.54, 1.807) is 0 Å². The maximum absolute atomic E-state index is 12.4. The Bertz CT molecular complexity index is 569. The summed E-state index contributed by atoms with van der Waals surface area (Å²) in [7, 11) is 0. The second-order valence-corrected chi connectivity index (χ2v) is 7.42. The van der Waals surface area contributed by atoms with Crippen molar-refractivity contribution >= 4 is 24.3 Å². The van der Waals surface area contributed by atoms with Crippen molar-refractivity contribution < 1.29 is 14.7 Å². The number of aliphatic carboxylic acids is 1. The molecule has 0 atom stereocenters. The lowest BCUT2D eigenvalue weighted by Crippen LogP contribution is -2.37. The Morgan fingerprint density at radius 3 is 2.30 bits per heavy atom. The number of benzene rings is 1. The van der Waals surface area contributed by atoms with Crippen LogP contribution in [0.5, 0.6) is 0 Å². The van der Waals surface area contributed by atoms with Crippen molar-refractivity contribution in [3.8, 4) is 0 Å². The number of hydrogen-bond donors (Lipinski definition) is 3. The lowest BCUT2D eigenvalue weighted by molar-refractivity contribution is -0.137. The molecule has 1 aliphatic carbocycles. The number of carbonyl (C=O) groups excluding carboxylic acids is 1. The van der Waals surface area contributed by atoms with Gasteiger partial charge in [-0.15, -0.1) is 12.4 Å². The first-order valence-corrected chi connectivity index (χ1v) is 9.90. The molecule has 1 aliphatic rings. The molecular weight excluding hydrogens is 364 g/mol. The highest BCUT2D eigenvalue weighted by atomic mass is 35.5. The van der Waals surface area contributed by atoms with Crippen molar-refractivity contribution in [2.75, 3.05) is 6.54 Å². The van der Waals surface area contributed by atoms with Gasteiger partial charge in [0, 0.05) is 18.0 Å². The number of amides is 1. The third kappa shape index (κ3) is 8.76. The van der Waals surface area contributed by atoms with E-state index in [0.29, 0.717) is 11.5 Å². The summed E-state index contributed by atoms with van der Waals surface area (Å²) in [6.07, 6.45) is 9.26. The van der Waals surface area contributed by atoms with Gasteiger partial charge in [-0.2, -0.15) is 0 Å². The van der Waals surface area contributed by atoms with Crippen LogP contribution in [0.15, 0.2) is 24.3 Å². The maximum Gasteiger partial charge on any atom is 0.303 e. The second kappa shape index (κ2) is 12.7. The molecule has 1 aromatic rings. The number of carbonyl (C=O) groups is 2. The minimum atomic E-state index is -0.719. The predicted molar refractivity (Wildman–Crippen MR) is 110 cm³/mol. The first-order valence-electron chi connectivity index (χ1n) is 9.90. The van der Waals surface area contributed by atoms with Crippen LogP contribution >= 0.6 is 12.4 Å². The van der Waals surface area contributed by atoms with Gasteiger partial charge >= 0.3 is 5.97 Å². The van der Waals surface area contributed by atoms with Crippen LogP contribution in [-0.4, -0.2) is 29.6 Å². The zero-order chi connectivity index (χ0) is 18.8. The molecule has 0 radical (unpaired) electrons. The summed E-state index contributed by atoms with van der Waals surface area (Å²) in [4.78, 5) is 23.1. The molecule has 0 bridgehead atoms. The van der Waals surface area contributed by atoms with Gasteiger partial charge in [0.1, 0.15) is 0 Å². The number of hydrogen-bond acceptors (Lipinski definition) is 3. The molecular formula is C21H33ClN2O3.